The van der Waals surface area contributed by atoms with Gasteiger partial charge in [0.25, 0.3) is 5.91 Å². The van der Waals surface area contributed by atoms with Gasteiger partial charge >= 0.3 is 0 Å². The van der Waals surface area contributed by atoms with E-state index in [1.807, 2.05) is 51.1 Å². The zero-order valence-electron chi connectivity index (χ0n) is 14.8. The second-order valence-corrected chi connectivity index (χ2v) is 6.46. The van der Waals surface area contributed by atoms with Gasteiger partial charge in [-0.15, -0.1) is 0 Å². The molecule has 0 aliphatic rings. The van der Waals surface area contributed by atoms with Crippen molar-refractivity contribution in [2.75, 3.05) is 10.6 Å². The molecule has 3 rings (SSSR count). The molecule has 6 heteroatoms. The number of hydrogen-bond donors (Lipinski definition) is 2. The largest absolute Gasteiger partial charge is 0.324 e. The molecule has 0 saturated carbocycles. The Kier molecular flexibility index (Phi) is 5.19. The summed E-state index contributed by atoms with van der Waals surface area (Å²) in [5, 5.41) is 6.61. The van der Waals surface area contributed by atoms with E-state index < -0.39 is 0 Å². The molecule has 3 aromatic rings. The van der Waals surface area contributed by atoms with Crippen LogP contribution >= 0.6 is 11.6 Å². The molecule has 0 spiro atoms. The summed E-state index contributed by atoms with van der Waals surface area (Å²) in [7, 11) is 0. The van der Waals surface area contributed by atoms with E-state index in [0.717, 1.165) is 28.1 Å². The second kappa shape index (κ2) is 7.54. The highest BCUT2D eigenvalue weighted by molar-refractivity contribution is 6.31. The number of halogens is 1. The van der Waals surface area contributed by atoms with E-state index in [1.165, 1.54) is 0 Å². The van der Waals surface area contributed by atoms with Gasteiger partial charge in [0.1, 0.15) is 5.69 Å². The van der Waals surface area contributed by atoms with Crippen LogP contribution in [0.15, 0.2) is 48.7 Å². The highest BCUT2D eigenvalue weighted by Gasteiger charge is 2.11. The molecule has 132 valence electrons. The molecule has 0 fully saturated rings. The summed E-state index contributed by atoms with van der Waals surface area (Å²) >= 11 is 6.13. The summed E-state index contributed by atoms with van der Waals surface area (Å²) < 4.78 is 0. The first kappa shape index (κ1) is 17.9. The van der Waals surface area contributed by atoms with Gasteiger partial charge in [-0.05, 0) is 61.7 Å². The number of aromatic nitrogens is 2. The number of amides is 1. The Labute approximate surface area is 157 Å². The van der Waals surface area contributed by atoms with Crippen molar-refractivity contribution in [1.29, 1.82) is 0 Å². The third-order valence-electron chi connectivity index (χ3n) is 4.17. The number of hydrogen-bond acceptors (Lipinski definition) is 4. The zero-order valence-corrected chi connectivity index (χ0v) is 15.6. The molecule has 0 unspecified atom stereocenters. The highest BCUT2D eigenvalue weighted by Crippen LogP contribution is 2.22. The minimum atomic E-state index is -0.286. The number of carbonyl (C=O) groups is 1. The summed E-state index contributed by atoms with van der Waals surface area (Å²) in [5.41, 5.74) is 4.94. The van der Waals surface area contributed by atoms with Crippen LogP contribution in [0.2, 0.25) is 5.02 Å². The molecule has 2 N–H and O–H groups in total. The van der Waals surface area contributed by atoms with Crippen LogP contribution in [0.3, 0.4) is 0 Å². The van der Waals surface area contributed by atoms with Gasteiger partial charge in [-0.2, -0.15) is 0 Å². The molecule has 0 aliphatic heterocycles. The Morgan fingerprint density at radius 3 is 2.62 bits per heavy atom. The first-order valence-electron chi connectivity index (χ1n) is 8.18. The first-order chi connectivity index (χ1) is 12.4. The molecule has 2 aromatic carbocycles. The summed E-state index contributed by atoms with van der Waals surface area (Å²) in [5.74, 6) is 0.0459. The number of benzene rings is 2. The SMILES string of the molecule is Cc1ccc(Nc2nccc(C(=O)Nc3cccc(C)c3C)n2)cc1Cl. The molecule has 0 bridgehead atoms. The van der Waals surface area contributed by atoms with E-state index in [1.54, 1.807) is 18.3 Å². The number of rotatable bonds is 4. The van der Waals surface area contributed by atoms with Crippen molar-refractivity contribution in [2.45, 2.75) is 20.8 Å². The normalized spacial score (nSPS) is 10.5. The van der Waals surface area contributed by atoms with Crippen LogP contribution in [0.25, 0.3) is 0 Å². The topological polar surface area (TPSA) is 66.9 Å². The molecular weight excluding hydrogens is 348 g/mol. The van der Waals surface area contributed by atoms with Crippen molar-refractivity contribution >= 4 is 34.8 Å². The molecule has 0 atom stereocenters. The average molecular weight is 367 g/mol. The lowest BCUT2D eigenvalue weighted by Gasteiger charge is -2.11. The number of anilines is 3. The average Bonchev–Trinajstić information content (AvgIpc) is 2.62. The zero-order chi connectivity index (χ0) is 18.7. The van der Waals surface area contributed by atoms with Crippen molar-refractivity contribution < 1.29 is 4.79 Å². The maximum Gasteiger partial charge on any atom is 0.274 e. The lowest BCUT2D eigenvalue weighted by atomic mass is 10.1. The van der Waals surface area contributed by atoms with E-state index in [9.17, 15) is 4.79 Å². The summed E-state index contributed by atoms with van der Waals surface area (Å²) in [6.07, 6.45) is 1.54. The smallest absolute Gasteiger partial charge is 0.274 e. The maximum atomic E-state index is 12.5. The standard InChI is InChI=1S/C20H19ClN4O/c1-12-5-4-6-17(14(12)3)24-19(26)18-9-10-22-20(25-18)23-15-8-7-13(2)16(21)11-15/h4-11H,1-3H3,(H,24,26)(H,22,23,25). The molecule has 0 aliphatic carbocycles. The fourth-order valence-corrected chi connectivity index (χ4v) is 2.60. The predicted octanol–water partition coefficient (Wildman–Crippen LogP) is 5.05. The molecule has 26 heavy (non-hydrogen) atoms. The number of carbonyl (C=O) groups excluding carboxylic acids is 1. The van der Waals surface area contributed by atoms with Crippen LogP contribution in [-0.4, -0.2) is 15.9 Å². The van der Waals surface area contributed by atoms with Crippen molar-refractivity contribution in [3.63, 3.8) is 0 Å². The number of nitrogens with zero attached hydrogens (tertiary/aromatic N) is 2. The molecule has 5 nitrogen and oxygen atoms in total. The van der Waals surface area contributed by atoms with Crippen molar-refractivity contribution in [3.8, 4) is 0 Å². The van der Waals surface area contributed by atoms with Gasteiger partial charge in [0, 0.05) is 22.6 Å². The molecule has 1 amide bonds. The van der Waals surface area contributed by atoms with E-state index in [-0.39, 0.29) is 11.6 Å². The van der Waals surface area contributed by atoms with Gasteiger partial charge in [0.2, 0.25) is 5.95 Å². The van der Waals surface area contributed by atoms with Crippen LogP contribution in [0.4, 0.5) is 17.3 Å². The van der Waals surface area contributed by atoms with Crippen LogP contribution in [-0.2, 0) is 0 Å². The minimum absolute atomic E-state index is 0.279. The Morgan fingerprint density at radius 2 is 1.85 bits per heavy atom. The number of nitrogens with one attached hydrogen (secondary N) is 2. The lowest BCUT2D eigenvalue weighted by Crippen LogP contribution is -2.15. The minimum Gasteiger partial charge on any atom is -0.324 e. The van der Waals surface area contributed by atoms with Crippen LogP contribution in [0.1, 0.15) is 27.2 Å². The summed E-state index contributed by atoms with van der Waals surface area (Å²) in [4.78, 5) is 21.0. The molecule has 0 radical (unpaired) electrons. The fraction of sp³-hybridized carbons (Fsp3) is 0.150. The quantitative estimate of drug-likeness (QED) is 0.678. The highest BCUT2D eigenvalue weighted by atomic mass is 35.5. The Balaban J connectivity index is 1.79. The van der Waals surface area contributed by atoms with Crippen LogP contribution in [0.5, 0.6) is 0 Å². The molecule has 1 aromatic heterocycles. The summed E-state index contributed by atoms with van der Waals surface area (Å²) in [6, 6.07) is 12.9. The molecule has 1 heterocycles. The van der Waals surface area contributed by atoms with E-state index >= 15 is 0 Å². The van der Waals surface area contributed by atoms with Gasteiger partial charge < -0.3 is 10.6 Å². The molecule has 0 saturated heterocycles. The van der Waals surface area contributed by atoms with E-state index in [4.69, 9.17) is 11.6 Å². The van der Waals surface area contributed by atoms with Gasteiger partial charge in [-0.3, -0.25) is 4.79 Å². The van der Waals surface area contributed by atoms with Crippen LogP contribution < -0.4 is 10.6 Å². The van der Waals surface area contributed by atoms with Gasteiger partial charge in [-0.1, -0.05) is 29.8 Å². The lowest BCUT2D eigenvalue weighted by molar-refractivity contribution is 0.102. The Morgan fingerprint density at radius 1 is 1.04 bits per heavy atom. The third-order valence-corrected chi connectivity index (χ3v) is 4.58. The van der Waals surface area contributed by atoms with Gasteiger partial charge in [0.15, 0.2) is 0 Å². The first-order valence-corrected chi connectivity index (χ1v) is 8.55. The van der Waals surface area contributed by atoms with E-state index in [0.29, 0.717) is 11.0 Å². The maximum absolute atomic E-state index is 12.5. The fourth-order valence-electron chi connectivity index (χ4n) is 2.42. The predicted molar refractivity (Wildman–Crippen MR) is 105 cm³/mol. The Bertz CT molecular complexity index is 972. The van der Waals surface area contributed by atoms with Gasteiger partial charge in [-0.25, -0.2) is 9.97 Å². The molecular formula is C20H19ClN4O. The van der Waals surface area contributed by atoms with Crippen molar-refractivity contribution in [3.05, 3.63) is 76.1 Å². The van der Waals surface area contributed by atoms with Crippen LogP contribution in [0, 0.1) is 20.8 Å². The monoisotopic (exact) mass is 366 g/mol. The van der Waals surface area contributed by atoms with Crippen molar-refractivity contribution in [2.24, 2.45) is 0 Å². The number of aryl methyl sites for hydroxylation is 2. The van der Waals surface area contributed by atoms with E-state index in [2.05, 4.69) is 20.6 Å². The Hall–Kier alpha value is -2.92. The summed E-state index contributed by atoms with van der Waals surface area (Å²) in [6.45, 7) is 5.91. The third kappa shape index (κ3) is 4.00. The van der Waals surface area contributed by atoms with Crippen molar-refractivity contribution in [1.82, 2.24) is 9.97 Å². The van der Waals surface area contributed by atoms with Gasteiger partial charge in [0.05, 0.1) is 0 Å². The second-order valence-electron chi connectivity index (χ2n) is 6.06.